The molecule has 0 aliphatic heterocycles. The smallest absolute Gasteiger partial charge is 0.377 e. The van der Waals surface area contributed by atoms with Crippen LogP contribution < -0.4 is 20.1 Å². The number of methoxy groups -OCH3 is 1. The van der Waals surface area contributed by atoms with Crippen molar-refractivity contribution < 1.29 is 18.7 Å². The molecule has 0 saturated heterocycles. The molecule has 0 saturated carbocycles. The molecule has 1 amide bonds. The normalized spacial score (nSPS) is 10.8. The zero-order chi connectivity index (χ0) is 25.1. The molecule has 1 aromatic heterocycles. The number of para-hydroxylation sites is 1. The molecule has 0 spiro atoms. The largest absolute Gasteiger partial charge is 0.494 e. The topological polar surface area (TPSA) is 91.5 Å². The fourth-order valence-electron chi connectivity index (χ4n) is 3.58. The minimum Gasteiger partial charge on any atom is -0.494 e. The first-order valence-corrected chi connectivity index (χ1v) is 10.9. The number of hydrogen-bond acceptors (Lipinski definition) is 6. The Bertz CT molecular complexity index is 1430. The minimum atomic E-state index is -0.929. The first kappa shape index (κ1) is 23.7. The number of amides is 1. The molecule has 0 radical (unpaired) electrons. The van der Waals surface area contributed by atoms with E-state index >= 15 is 0 Å². The summed E-state index contributed by atoms with van der Waals surface area (Å²) in [5.41, 5.74) is 1.27. The SMILES string of the molecule is CCN(C(=O)n1nnn(-c2c(F)cccc2OC)c1=O)c1cc(Oc2ccc(C)cc2)ccc1C. The average Bonchev–Trinajstić information content (AvgIpc) is 3.23. The van der Waals surface area contributed by atoms with E-state index in [0.29, 0.717) is 26.6 Å². The van der Waals surface area contributed by atoms with Gasteiger partial charge in [-0.25, -0.2) is 14.0 Å². The van der Waals surface area contributed by atoms with E-state index in [1.807, 2.05) is 44.2 Å². The van der Waals surface area contributed by atoms with E-state index in [0.717, 1.165) is 17.2 Å². The van der Waals surface area contributed by atoms with Crippen LogP contribution in [0.1, 0.15) is 18.1 Å². The Morgan fingerprint density at radius 3 is 2.43 bits per heavy atom. The van der Waals surface area contributed by atoms with Crippen LogP contribution in [0.4, 0.5) is 14.9 Å². The lowest BCUT2D eigenvalue weighted by atomic mass is 10.1. The third-order valence-corrected chi connectivity index (χ3v) is 5.42. The first-order valence-electron chi connectivity index (χ1n) is 10.9. The summed E-state index contributed by atoms with van der Waals surface area (Å²) in [6.07, 6.45) is 0. The number of tetrazole rings is 1. The van der Waals surface area contributed by atoms with E-state index in [4.69, 9.17) is 9.47 Å². The number of benzene rings is 3. The van der Waals surface area contributed by atoms with Gasteiger partial charge in [0.25, 0.3) is 0 Å². The molecule has 0 aliphatic carbocycles. The molecular weight excluding hydrogens is 453 g/mol. The van der Waals surface area contributed by atoms with Crippen molar-refractivity contribution >= 4 is 11.7 Å². The summed E-state index contributed by atoms with van der Waals surface area (Å²) in [6, 6.07) is 16.2. The number of aryl methyl sites for hydroxylation is 2. The average molecular weight is 477 g/mol. The van der Waals surface area contributed by atoms with Gasteiger partial charge in [-0.05, 0) is 67.1 Å². The number of rotatable bonds is 6. The number of carbonyl (C=O) groups excluding carboxylic acids is 1. The molecule has 4 rings (SSSR count). The van der Waals surface area contributed by atoms with Crippen molar-refractivity contribution in [3.8, 4) is 22.9 Å². The van der Waals surface area contributed by atoms with Crippen molar-refractivity contribution in [3.63, 3.8) is 0 Å². The molecule has 35 heavy (non-hydrogen) atoms. The van der Waals surface area contributed by atoms with Crippen LogP contribution in [-0.4, -0.2) is 39.5 Å². The standard InChI is InChI=1S/C25H24FN5O4/c1-5-29(21-15-19(14-11-17(21)3)35-18-12-9-16(2)10-13-18)24(32)31-25(33)30(27-28-31)23-20(26)7-6-8-22(23)34-4/h6-15H,5H2,1-4H3. The maximum Gasteiger partial charge on any atom is 0.377 e. The number of halogens is 1. The predicted octanol–water partition coefficient (Wildman–Crippen LogP) is 4.48. The lowest BCUT2D eigenvalue weighted by Gasteiger charge is -2.22. The third kappa shape index (κ3) is 4.63. The van der Waals surface area contributed by atoms with Crippen molar-refractivity contribution in [2.45, 2.75) is 20.8 Å². The number of ether oxygens (including phenoxy) is 2. The Kier molecular flexibility index (Phi) is 6.63. The van der Waals surface area contributed by atoms with Crippen LogP contribution in [0.3, 0.4) is 0 Å². The van der Waals surface area contributed by atoms with Gasteiger partial charge in [-0.3, -0.25) is 4.90 Å². The molecule has 0 N–H and O–H groups in total. The van der Waals surface area contributed by atoms with Crippen LogP contribution >= 0.6 is 0 Å². The fourth-order valence-corrected chi connectivity index (χ4v) is 3.58. The highest BCUT2D eigenvalue weighted by molar-refractivity contribution is 5.93. The van der Waals surface area contributed by atoms with Crippen molar-refractivity contribution in [1.82, 2.24) is 19.8 Å². The van der Waals surface area contributed by atoms with Gasteiger partial charge in [-0.15, -0.1) is 4.68 Å². The molecule has 10 heteroatoms. The Labute approximate surface area is 200 Å². The molecule has 0 bridgehead atoms. The summed E-state index contributed by atoms with van der Waals surface area (Å²) in [4.78, 5) is 27.7. The highest BCUT2D eigenvalue weighted by Gasteiger charge is 2.25. The van der Waals surface area contributed by atoms with E-state index in [-0.39, 0.29) is 18.0 Å². The van der Waals surface area contributed by atoms with Gasteiger partial charge in [0.05, 0.1) is 12.8 Å². The number of aromatic nitrogens is 4. The Morgan fingerprint density at radius 2 is 1.74 bits per heavy atom. The van der Waals surface area contributed by atoms with Crippen molar-refractivity contribution in [2.75, 3.05) is 18.6 Å². The molecular formula is C25H24FN5O4. The number of nitrogens with zero attached hydrogens (tertiary/aromatic N) is 5. The fraction of sp³-hybridized carbons (Fsp3) is 0.200. The highest BCUT2D eigenvalue weighted by Crippen LogP contribution is 2.30. The van der Waals surface area contributed by atoms with Crippen molar-refractivity contribution in [2.24, 2.45) is 0 Å². The van der Waals surface area contributed by atoms with Crippen molar-refractivity contribution in [3.05, 3.63) is 88.1 Å². The van der Waals surface area contributed by atoms with E-state index in [1.54, 1.807) is 19.1 Å². The predicted molar refractivity (Wildman–Crippen MR) is 128 cm³/mol. The van der Waals surface area contributed by atoms with Crippen LogP contribution in [0.2, 0.25) is 0 Å². The monoisotopic (exact) mass is 477 g/mol. The molecule has 4 aromatic rings. The summed E-state index contributed by atoms with van der Waals surface area (Å²) < 4.78 is 26.8. The maximum atomic E-state index is 14.5. The summed E-state index contributed by atoms with van der Waals surface area (Å²) in [7, 11) is 1.34. The molecule has 0 fully saturated rings. The second kappa shape index (κ2) is 9.80. The van der Waals surface area contributed by atoms with Crippen molar-refractivity contribution in [1.29, 1.82) is 0 Å². The summed E-state index contributed by atoms with van der Waals surface area (Å²) in [6.45, 7) is 5.82. The molecule has 0 aliphatic rings. The summed E-state index contributed by atoms with van der Waals surface area (Å²) in [5.74, 6) is 0.511. The molecule has 1 heterocycles. The molecule has 180 valence electrons. The van der Waals surface area contributed by atoms with Crippen LogP contribution in [0, 0.1) is 19.7 Å². The van der Waals surface area contributed by atoms with Crippen LogP contribution in [0.25, 0.3) is 5.69 Å². The minimum absolute atomic E-state index is 0.0794. The van der Waals surface area contributed by atoms with E-state index < -0.39 is 17.5 Å². The first-order chi connectivity index (χ1) is 16.8. The highest BCUT2D eigenvalue weighted by atomic mass is 19.1. The van der Waals surface area contributed by atoms with E-state index in [9.17, 15) is 14.0 Å². The summed E-state index contributed by atoms with van der Waals surface area (Å²) >= 11 is 0. The Balaban J connectivity index is 1.69. The van der Waals surface area contributed by atoms with Crippen LogP contribution in [0.15, 0.2) is 65.5 Å². The van der Waals surface area contributed by atoms with Gasteiger partial charge in [0.2, 0.25) is 0 Å². The number of anilines is 1. The number of carbonyl (C=O) groups is 1. The Morgan fingerprint density at radius 1 is 1.03 bits per heavy atom. The lowest BCUT2D eigenvalue weighted by molar-refractivity contribution is 0.244. The molecule has 0 unspecified atom stereocenters. The maximum absolute atomic E-state index is 14.5. The Hall–Kier alpha value is -4.47. The van der Waals surface area contributed by atoms with E-state index in [1.165, 1.54) is 24.1 Å². The number of hydrogen-bond donors (Lipinski definition) is 0. The summed E-state index contributed by atoms with van der Waals surface area (Å²) in [5, 5.41) is 7.42. The van der Waals surface area contributed by atoms with Gasteiger partial charge in [-0.2, -0.15) is 4.68 Å². The molecule has 0 atom stereocenters. The molecule has 3 aromatic carbocycles. The zero-order valence-corrected chi connectivity index (χ0v) is 19.7. The van der Waals surface area contributed by atoms with Gasteiger partial charge in [0.1, 0.15) is 22.9 Å². The molecule has 9 nitrogen and oxygen atoms in total. The van der Waals surface area contributed by atoms with Gasteiger partial charge < -0.3 is 9.47 Å². The second-order valence-corrected chi connectivity index (χ2v) is 7.77. The van der Waals surface area contributed by atoms with Crippen LogP contribution in [0.5, 0.6) is 17.2 Å². The van der Waals surface area contributed by atoms with Gasteiger partial charge in [-0.1, -0.05) is 29.8 Å². The second-order valence-electron chi connectivity index (χ2n) is 7.77. The zero-order valence-electron chi connectivity index (χ0n) is 19.7. The quantitative estimate of drug-likeness (QED) is 0.380. The van der Waals surface area contributed by atoms with Gasteiger partial charge >= 0.3 is 11.7 Å². The lowest BCUT2D eigenvalue weighted by Crippen LogP contribution is -2.41. The van der Waals surface area contributed by atoms with Gasteiger partial charge in [0.15, 0.2) is 5.82 Å². The van der Waals surface area contributed by atoms with Crippen LogP contribution in [-0.2, 0) is 0 Å². The third-order valence-electron chi connectivity index (χ3n) is 5.42. The van der Waals surface area contributed by atoms with Gasteiger partial charge in [0, 0.05) is 12.6 Å². The van der Waals surface area contributed by atoms with E-state index in [2.05, 4.69) is 10.4 Å².